The standard InChI is InChI=1S/C31H52O5/c1-3-5-7-9-11-12-13-14-15-16-17-18-20-22-24-26-31(34)36-29(27-32)28-35-30(33)25-23-21-19-10-8-6-4-2/h5,7,11-12,14-15,17-18,29,32H,3-4,6,8-10,13,16,19-28H2,1-2H3/b7-5+,12-11+,15-14+,18-17+/t29-/m0/s1. The van der Waals surface area contributed by atoms with Crippen LogP contribution in [-0.2, 0) is 19.1 Å². The maximum absolute atomic E-state index is 12.0. The highest BCUT2D eigenvalue weighted by molar-refractivity contribution is 5.70. The monoisotopic (exact) mass is 504 g/mol. The van der Waals surface area contributed by atoms with Gasteiger partial charge in [-0.25, -0.2) is 0 Å². The number of aliphatic hydroxyl groups excluding tert-OH is 1. The minimum atomic E-state index is -0.787. The Kier molecular flexibility index (Phi) is 25.8. The van der Waals surface area contributed by atoms with Crippen LogP contribution in [0.25, 0.3) is 0 Å². The molecule has 0 aliphatic carbocycles. The van der Waals surface area contributed by atoms with Gasteiger partial charge >= 0.3 is 11.9 Å². The molecule has 0 heterocycles. The van der Waals surface area contributed by atoms with Gasteiger partial charge in [0.05, 0.1) is 6.61 Å². The zero-order valence-corrected chi connectivity index (χ0v) is 23.0. The highest BCUT2D eigenvalue weighted by Gasteiger charge is 2.15. The summed E-state index contributed by atoms with van der Waals surface area (Å²) in [6.07, 6.45) is 31.7. The summed E-state index contributed by atoms with van der Waals surface area (Å²) in [5.74, 6) is -0.654. The lowest BCUT2D eigenvalue weighted by molar-refractivity contribution is -0.161. The predicted molar refractivity (Wildman–Crippen MR) is 150 cm³/mol. The largest absolute Gasteiger partial charge is 0.462 e. The Morgan fingerprint density at radius 3 is 1.81 bits per heavy atom. The molecule has 0 radical (unpaired) electrons. The Bertz CT molecular complexity index is 633. The van der Waals surface area contributed by atoms with Crippen LogP contribution in [0.15, 0.2) is 48.6 Å². The number of unbranched alkanes of at least 4 members (excludes halogenated alkanes) is 8. The first-order valence-corrected chi connectivity index (χ1v) is 14.2. The molecule has 0 aromatic rings. The quantitative estimate of drug-likeness (QED) is 0.0820. The average molecular weight is 505 g/mol. The highest BCUT2D eigenvalue weighted by Crippen LogP contribution is 2.09. The van der Waals surface area contributed by atoms with E-state index in [1.807, 2.05) is 0 Å². The van der Waals surface area contributed by atoms with Gasteiger partial charge in [-0.15, -0.1) is 0 Å². The number of rotatable bonds is 24. The van der Waals surface area contributed by atoms with E-state index in [0.717, 1.165) is 64.2 Å². The smallest absolute Gasteiger partial charge is 0.306 e. The molecule has 206 valence electrons. The molecule has 0 aliphatic rings. The SMILES string of the molecule is CC/C=C/C/C=C/C/C=C/C/C=C/CCCCC(=O)O[C@@H](CO)COC(=O)CCCCCCCCC. The maximum atomic E-state index is 12.0. The normalized spacial score (nSPS) is 12.9. The van der Waals surface area contributed by atoms with E-state index in [4.69, 9.17) is 9.47 Å². The van der Waals surface area contributed by atoms with Gasteiger partial charge in [-0.3, -0.25) is 9.59 Å². The molecule has 5 nitrogen and oxygen atoms in total. The lowest BCUT2D eigenvalue weighted by atomic mass is 10.1. The third kappa shape index (κ3) is 25.0. The molecule has 0 amide bonds. The summed E-state index contributed by atoms with van der Waals surface area (Å²) in [7, 11) is 0. The fourth-order valence-corrected chi connectivity index (χ4v) is 3.48. The first-order valence-electron chi connectivity index (χ1n) is 14.2. The molecule has 1 atom stereocenters. The van der Waals surface area contributed by atoms with Crippen molar-refractivity contribution in [3.63, 3.8) is 0 Å². The van der Waals surface area contributed by atoms with E-state index in [2.05, 4.69) is 62.5 Å². The van der Waals surface area contributed by atoms with Crippen LogP contribution in [0.5, 0.6) is 0 Å². The van der Waals surface area contributed by atoms with Gasteiger partial charge in [-0.2, -0.15) is 0 Å². The summed E-state index contributed by atoms with van der Waals surface area (Å²) >= 11 is 0. The van der Waals surface area contributed by atoms with Crippen molar-refractivity contribution in [2.75, 3.05) is 13.2 Å². The molecular weight excluding hydrogens is 452 g/mol. The third-order valence-corrected chi connectivity index (χ3v) is 5.64. The number of hydrogen-bond donors (Lipinski definition) is 1. The van der Waals surface area contributed by atoms with Gasteiger partial charge in [-0.1, -0.05) is 101 Å². The third-order valence-electron chi connectivity index (χ3n) is 5.64. The summed E-state index contributed by atoms with van der Waals surface area (Å²) in [5.41, 5.74) is 0. The second kappa shape index (κ2) is 27.4. The Labute approximate surface area is 220 Å². The average Bonchev–Trinajstić information content (AvgIpc) is 2.88. The molecule has 0 aromatic heterocycles. The zero-order chi connectivity index (χ0) is 26.5. The Morgan fingerprint density at radius 2 is 1.19 bits per heavy atom. The minimum absolute atomic E-state index is 0.0838. The number of carbonyl (C=O) groups excluding carboxylic acids is 2. The molecular formula is C31H52O5. The molecule has 0 aromatic carbocycles. The van der Waals surface area contributed by atoms with Gasteiger partial charge < -0.3 is 14.6 Å². The van der Waals surface area contributed by atoms with E-state index in [9.17, 15) is 14.7 Å². The van der Waals surface area contributed by atoms with Crippen molar-refractivity contribution >= 4 is 11.9 Å². The van der Waals surface area contributed by atoms with E-state index in [1.165, 1.54) is 25.7 Å². The maximum Gasteiger partial charge on any atom is 0.306 e. The van der Waals surface area contributed by atoms with Crippen LogP contribution in [-0.4, -0.2) is 36.4 Å². The van der Waals surface area contributed by atoms with Crippen molar-refractivity contribution in [1.29, 1.82) is 0 Å². The van der Waals surface area contributed by atoms with Gasteiger partial charge in [0.2, 0.25) is 0 Å². The molecule has 0 fully saturated rings. The fourth-order valence-electron chi connectivity index (χ4n) is 3.48. The van der Waals surface area contributed by atoms with Crippen molar-refractivity contribution in [2.45, 2.75) is 123 Å². The van der Waals surface area contributed by atoms with Gasteiger partial charge in [0.25, 0.3) is 0 Å². The summed E-state index contributed by atoms with van der Waals surface area (Å²) in [5, 5.41) is 9.42. The van der Waals surface area contributed by atoms with Crippen molar-refractivity contribution < 1.29 is 24.2 Å². The first kappa shape index (κ1) is 33.9. The molecule has 1 N–H and O–H groups in total. The lowest BCUT2D eigenvalue weighted by Crippen LogP contribution is -2.28. The van der Waals surface area contributed by atoms with Crippen LogP contribution in [0, 0.1) is 0 Å². The Balaban J connectivity index is 3.74. The van der Waals surface area contributed by atoms with Gasteiger partial charge in [0, 0.05) is 12.8 Å². The number of carbonyl (C=O) groups is 2. The number of ether oxygens (including phenoxy) is 2. The number of esters is 2. The zero-order valence-electron chi connectivity index (χ0n) is 23.0. The van der Waals surface area contributed by atoms with Crippen LogP contribution >= 0.6 is 0 Å². The molecule has 5 heteroatoms. The van der Waals surface area contributed by atoms with Gasteiger partial charge in [-0.05, 0) is 51.4 Å². The van der Waals surface area contributed by atoms with Gasteiger partial charge in [0.1, 0.15) is 6.61 Å². The number of allylic oxidation sites excluding steroid dienone is 8. The second-order valence-electron chi connectivity index (χ2n) is 9.10. The Hall–Kier alpha value is -2.14. The highest BCUT2D eigenvalue weighted by atomic mass is 16.6. The molecule has 0 saturated heterocycles. The molecule has 0 bridgehead atoms. The van der Waals surface area contributed by atoms with Crippen LogP contribution in [0.1, 0.15) is 117 Å². The molecule has 0 aliphatic heterocycles. The number of aliphatic hydroxyl groups is 1. The van der Waals surface area contributed by atoms with Gasteiger partial charge in [0.15, 0.2) is 6.10 Å². The molecule has 36 heavy (non-hydrogen) atoms. The Morgan fingerprint density at radius 1 is 0.667 bits per heavy atom. The number of hydrogen-bond acceptors (Lipinski definition) is 5. The predicted octanol–water partition coefficient (Wildman–Crippen LogP) is 7.94. The van der Waals surface area contributed by atoms with Crippen LogP contribution in [0.2, 0.25) is 0 Å². The molecule has 0 rings (SSSR count). The van der Waals surface area contributed by atoms with Crippen molar-refractivity contribution in [1.82, 2.24) is 0 Å². The first-order chi connectivity index (χ1) is 17.6. The van der Waals surface area contributed by atoms with E-state index < -0.39 is 6.10 Å². The summed E-state index contributed by atoms with van der Waals surface area (Å²) in [6.45, 7) is 3.90. The van der Waals surface area contributed by atoms with E-state index in [-0.39, 0.29) is 25.2 Å². The summed E-state index contributed by atoms with van der Waals surface area (Å²) in [6, 6.07) is 0. The van der Waals surface area contributed by atoms with Crippen LogP contribution in [0.3, 0.4) is 0 Å². The lowest BCUT2D eigenvalue weighted by Gasteiger charge is -2.15. The summed E-state index contributed by atoms with van der Waals surface area (Å²) in [4.78, 5) is 23.9. The van der Waals surface area contributed by atoms with E-state index in [0.29, 0.717) is 12.8 Å². The fraction of sp³-hybridized carbons (Fsp3) is 0.677. The molecule has 0 spiro atoms. The minimum Gasteiger partial charge on any atom is -0.462 e. The van der Waals surface area contributed by atoms with Crippen molar-refractivity contribution in [2.24, 2.45) is 0 Å². The van der Waals surface area contributed by atoms with Crippen LogP contribution in [0.4, 0.5) is 0 Å². The second-order valence-corrected chi connectivity index (χ2v) is 9.10. The van der Waals surface area contributed by atoms with E-state index in [1.54, 1.807) is 0 Å². The van der Waals surface area contributed by atoms with Crippen molar-refractivity contribution in [3.8, 4) is 0 Å². The molecule has 0 saturated carbocycles. The van der Waals surface area contributed by atoms with E-state index >= 15 is 0 Å². The van der Waals surface area contributed by atoms with Crippen LogP contribution < -0.4 is 0 Å². The topological polar surface area (TPSA) is 72.8 Å². The van der Waals surface area contributed by atoms with Crippen molar-refractivity contribution in [3.05, 3.63) is 48.6 Å². The molecule has 0 unspecified atom stereocenters. The summed E-state index contributed by atoms with van der Waals surface area (Å²) < 4.78 is 10.4.